The average Bonchev–Trinajstić information content (AvgIpc) is 2.68. The Hall–Kier alpha value is -1.23. The van der Waals surface area contributed by atoms with E-state index in [-0.39, 0.29) is 0 Å². The zero-order valence-electron chi connectivity index (χ0n) is 9.19. The van der Waals surface area contributed by atoms with E-state index in [1.807, 2.05) is 11.2 Å². The Kier molecular flexibility index (Phi) is 2.81. The van der Waals surface area contributed by atoms with E-state index < -0.39 is 0 Å². The molecule has 0 aliphatic carbocycles. The van der Waals surface area contributed by atoms with Crippen molar-refractivity contribution in [3.63, 3.8) is 0 Å². The highest BCUT2D eigenvalue weighted by Crippen LogP contribution is 2.17. The Morgan fingerprint density at radius 2 is 2.07 bits per heavy atom. The molecule has 1 saturated heterocycles. The van der Waals surface area contributed by atoms with Gasteiger partial charge in [-0.15, -0.1) is 0 Å². The maximum Gasteiger partial charge on any atom is 0.234 e. The molecule has 84 valence electrons. The summed E-state index contributed by atoms with van der Waals surface area (Å²) in [6, 6.07) is 0.355. The van der Waals surface area contributed by atoms with Gasteiger partial charge in [-0.05, 0) is 13.8 Å². The third-order valence-corrected chi connectivity index (χ3v) is 2.69. The summed E-state index contributed by atoms with van der Waals surface area (Å²) in [6.07, 6.45) is 3.20. The predicted molar refractivity (Wildman–Crippen MR) is 55.1 cm³/mol. The molecular weight excluding hydrogens is 194 g/mol. The molecule has 0 aromatic rings. The van der Waals surface area contributed by atoms with E-state index in [9.17, 15) is 4.79 Å². The summed E-state index contributed by atoms with van der Waals surface area (Å²) in [7, 11) is 0. The SMILES string of the molecule is CC(C)N1C=C(N2CCC(=O)CC2)ON1. The third kappa shape index (κ3) is 2.23. The van der Waals surface area contributed by atoms with Crippen molar-refractivity contribution in [2.75, 3.05) is 13.1 Å². The zero-order chi connectivity index (χ0) is 10.8. The zero-order valence-corrected chi connectivity index (χ0v) is 9.19. The molecule has 1 N–H and O–H groups in total. The highest BCUT2D eigenvalue weighted by molar-refractivity contribution is 5.79. The van der Waals surface area contributed by atoms with Crippen LogP contribution >= 0.6 is 0 Å². The summed E-state index contributed by atoms with van der Waals surface area (Å²) in [6.45, 7) is 5.68. The molecule has 1 fully saturated rings. The van der Waals surface area contributed by atoms with Crippen molar-refractivity contribution in [1.29, 1.82) is 0 Å². The number of hydrogen-bond donors (Lipinski definition) is 1. The van der Waals surface area contributed by atoms with Gasteiger partial charge in [0.25, 0.3) is 0 Å². The Labute approximate surface area is 89.6 Å². The summed E-state index contributed by atoms with van der Waals surface area (Å²) in [4.78, 5) is 18.5. The van der Waals surface area contributed by atoms with Gasteiger partial charge in [0, 0.05) is 32.0 Å². The topological polar surface area (TPSA) is 44.8 Å². The number of hydrogen-bond acceptors (Lipinski definition) is 5. The highest BCUT2D eigenvalue weighted by Gasteiger charge is 2.24. The van der Waals surface area contributed by atoms with E-state index in [4.69, 9.17) is 4.84 Å². The Bertz CT molecular complexity index is 278. The number of carbonyl (C=O) groups excluding carboxylic acids is 1. The molecular formula is C10H17N3O2. The molecule has 2 rings (SSSR count). The maximum absolute atomic E-state index is 11.1. The Morgan fingerprint density at radius 1 is 1.40 bits per heavy atom. The number of hydrazine groups is 1. The Morgan fingerprint density at radius 3 is 2.60 bits per heavy atom. The first-order valence-electron chi connectivity index (χ1n) is 5.36. The van der Waals surface area contributed by atoms with E-state index in [1.54, 1.807) is 0 Å². The largest absolute Gasteiger partial charge is 0.369 e. The molecule has 2 aliphatic heterocycles. The van der Waals surface area contributed by atoms with Crippen LogP contribution in [0.2, 0.25) is 0 Å². The van der Waals surface area contributed by atoms with Gasteiger partial charge < -0.3 is 9.74 Å². The maximum atomic E-state index is 11.1. The van der Waals surface area contributed by atoms with Crippen molar-refractivity contribution in [1.82, 2.24) is 15.5 Å². The van der Waals surface area contributed by atoms with Gasteiger partial charge in [-0.3, -0.25) is 9.80 Å². The van der Waals surface area contributed by atoms with Crippen molar-refractivity contribution in [2.24, 2.45) is 0 Å². The molecule has 0 amide bonds. The lowest BCUT2D eigenvalue weighted by Gasteiger charge is -2.26. The highest BCUT2D eigenvalue weighted by atomic mass is 16.7. The van der Waals surface area contributed by atoms with Crippen molar-refractivity contribution in [2.45, 2.75) is 32.7 Å². The lowest BCUT2D eigenvalue weighted by Crippen LogP contribution is -2.35. The summed E-state index contributed by atoms with van der Waals surface area (Å²) in [5.74, 6) is 1.16. The molecule has 0 unspecified atom stereocenters. The average molecular weight is 211 g/mol. The van der Waals surface area contributed by atoms with Gasteiger partial charge in [0.05, 0.1) is 6.20 Å². The normalized spacial score (nSPS) is 22.1. The number of rotatable bonds is 2. The second-order valence-corrected chi connectivity index (χ2v) is 4.19. The van der Waals surface area contributed by atoms with E-state index >= 15 is 0 Å². The van der Waals surface area contributed by atoms with Gasteiger partial charge in [-0.25, -0.2) is 0 Å². The van der Waals surface area contributed by atoms with E-state index in [2.05, 4.69) is 24.3 Å². The van der Waals surface area contributed by atoms with Crippen LogP contribution in [0.15, 0.2) is 12.1 Å². The standard InChI is InChI=1S/C10H17N3O2/c1-8(2)13-7-10(15-11-13)12-5-3-9(14)4-6-12/h7-8,11H,3-6H2,1-2H3. The molecule has 15 heavy (non-hydrogen) atoms. The fourth-order valence-corrected chi connectivity index (χ4v) is 1.65. The molecule has 5 heteroatoms. The fourth-order valence-electron chi connectivity index (χ4n) is 1.65. The number of nitrogens with zero attached hydrogens (tertiary/aromatic N) is 2. The van der Waals surface area contributed by atoms with Gasteiger partial charge in [0.1, 0.15) is 5.78 Å². The fraction of sp³-hybridized carbons (Fsp3) is 0.700. The van der Waals surface area contributed by atoms with Crippen molar-refractivity contribution >= 4 is 5.78 Å². The minimum absolute atomic E-state index is 0.346. The number of Topliss-reactive ketones (excluding diaryl/α,β-unsaturated/α-hetero) is 1. The molecule has 0 radical (unpaired) electrons. The molecule has 2 heterocycles. The van der Waals surface area contributed by atoms with Crippen LogP contribution in [0, 0.1) is 0 Å². The van der Waals surface area contributed by atoms with Gasteiger partial charge in [-0.2, -0.15) is 0 Å². The summed E-state index contributed by atoms with van der Waals surface area (Å²) < 4.78 is 0. The van der Waals surface area contributed by atoms with Crippen LogP contribution in [-0.2, 0) is 9.63 Å². The summed E-state index contributed by atoms with van der Waals surface area (Å²) in [5, 5.41) is 1.91. The Balaban J connectivity index is 1.94. The molecule has 0 aromatic carbocycles. The lowest BCUT2D eigenvalue weighted by molar-refractivity contribution is -0.121. The third-order valence-electron chi connectivity index (χ3n) is 2.69. The van der Waals surface area contributed by atoms with Crippen molar-refractivity contribution < 1.29 is 9.63 Å². The first kappa shape index (κ1) is 10.3. The van der Waals surface area contributed by atoms with Crippen LogP contribution in [0.4, 0.5) is 0 Å². The quantitative estimate of drug-likeness (QED) is 0.725. The van der Waals surface area contributed by atoms with Gasteiger partial charge in [0.2, 0.25) is 5.88 Å². The van der Waals surface area contributed by atoms with Crippen LogP contribution < -0.4 is 5.59 Å². The molecule has 2 aliphatic rings. The van der Waals surface area contributed by atoms with Crippen molar-refractivity contribution in [3.8, 4) is 0 Å². The van der Waals surface area contributed by atoms with Crippen LogP contribution in [0.1, 0.15) is 26.7 Å². The monoisotopic (exact) mass is 211 g/mol. The summed E-state index contributed by atoms with van der Waals surface area (Å²) >= 11 is 0. The van der Waals surface area contributed by atoms with E-state index in [1.165, 1.54) is 0 Å². The summed E-state index contributed by atoms with van der Waals surface area (Å²) in [5.41, 5.74) is 2.83. The van der Waals surface area contributed by atoms with E-state index in [0.717, 1.165) is 19.0 Å². The number of nitrogens with one attached hydrogen (secondary N) is 1. The number of piperidine rings is 1. The predicted octanol–water partition coefficient (Wildman–Crippen LogP) is 0.610. The first-order valence-corrected chi connectivity index (χ1v) is 5.36. The minimum Gasteiger partial charge on any atom is -0.369 e. The molecule has 0 aromatic heterocycles. The number of carbonyl (C=O) groups is 1. The molecule has 0 bridgehead atoms. The van der Waals surface area contributed by atoms with Crippen LogP contribution in [0.5, 0.6) is 0 Å². The number of likely N-dealkylation sites (tertiary alicyclic amines) is 1. The van der Waals surface area contributed by atoms with Gasteiger partial charge in [0.15, 0.2) is 0 Å². The molecule has 0 spiro atoms. The first-order chi connectivity index (χ1) is 7.16. The van der Waals surface area contributed by atoms with Crippen molar-refractivity contribution in [3.05, 3.63) is 12.1 Å². The number of ketones is 1. The molecule has 5 nitrogen and oxygen atoms in total. The smallest absolute Gasteiger partial charge is 0.234 e. The van der Waals surface area contributed by atoms with Gasteiger partial charge in [-0.1, -0.05) is 5.59 Å². The van der Waals surface area contributed by atoms with Crippen LogP contribution in [0.3, 0.4) is 0 Å². The second kappa shape index (κ2) is 4.10. The van der Waals surface area contributed by atoms with Crippen LogP contribution in [0.25, 0.3) is 0 Å². The lowest BCUT2D eigenvalue weighted by atomic mass is 10.1. The second-order valence-electron chi connectivity index (χ2n) is 4.19. The van der Waals surface area contributed by atoms with Crippen LogP contribution in [-0.4, -0.2) is 34.8 Å². The van der Waals surface area contributed by atoms with Gasteiger partial charge >= 0.3 is 0 Å². The van der Waals surface area contributed by atoms with E-state index in [0.29, 0.717) is 24.7 Å². The molecule has 0 atom stereocenters. The molecule has 0 saturated carbocycles. The minimum atomic E-state index is 0.346.